The van der Waals surface area contributed by atoms with Gasteiger partial charge < -0.3 is 5.32 Å². The van der Waals surface area contributed by atoms with Crippen molar-refractivity contribution in [2.75, 3.05) is 0 Å². The summed E-state index contributed by atoms with van der Waals surface area (Å²) in [5.74, 6) is 0.228. The molecule has 1 saturated carbocycles. The highest BCUT2D eigenvalue weighted by molar-refractivity contribution is 5.87. The number of nitrogens with one attached hydrogen (secondary N) is 1. The number of hydrogen-bond donors (Lipinski definition) is 1. The monoisotopic (exact) mass is 225 g/mol. The maximum atomic E-state index is 11.9. The summed E-state index contributed by atoms with van der Waals surface area (Å²) in [6.07, 6.45) is 8.04. The Kier molecular flexibility index (Phi) is 5.50. The molecule has 0 radical (unpaired) electrons. The van der Waals surface area contributed by atoms with Crippen LogP contribution in [0.5, 0.6) is 0 Å². The van der Waals surface area contributed by atoms with E-state index in [1.54, 1.807) is 6.92 Å². The molecule has 92 valence electrons. The first-order chi connectivity index (χ1) is 7.61. The van der Waals surface area contributed by atoms with E-state index in [0.29, 0.717) is 0 Å². The molecule has 1 rings (SSSR count). The van der Waals surface area contributed by atoms with E-state index in [4.69, 9.17) is 0 Å². The molecular weight excluding hydrogens is 202 g/mol. The molecule has 0 heterocycles. The van der Waals surface area contributed by atoms with Crippen LogP contribution in [0, 0.1) is 5.92 Å². The van der Waals surface area contributed by atoms with Crippen molar-refractivity contribution in [3.05, 3.63) is 0 Å². The maximum absolute atomic E-state index is 11.9. The normalized spacial score (nSPS) is 20.6. The van der Waals surface area contributed by atoms with Gasteiger partial charge in [-0.1, -0.05) is 32.1 Å². The Balaban J connectivity index is 2.41. The molecule has 0 aromatic heterocycles. The first kappa shape index (κ1) is 13.2. The molecule has 1 atom stereocenters. The highest BCUT2D eigenvalue weighted by Gasteiger charge is 2.21. The van der Waals surface area contributed by atoms with Gasteiger partial charge in [0.2, 0.25) is 5.91 Å². The summed E-state index contributed by atoms with van der Waals surface area (Å²) in [7, 11) is 0. The van der Waals surface area contributed by atoms with E-state index in [2.05, 4.69) is 5.32 Å². The fourth-order valence-electron chi connectivity index (χ4n) is 2.15. The van der Waals surface area contributed by atoms with Crippen molar-refractivity contribution in [3.8, 4) is 0 Å². The zero-order valence-electron chi connectivity index (χ0n) is 10.4. The van der Waals surface area contributed by atoms with Gasteiger partial charge in [-0.2, -0.15) is 0 Å². The number of amides is 1. The van der Waals surface area contributed by atoms with Gasteiger partial charge in [-0.15, -0.1) is 0 Å². The fourth-order valence-corrected chi connectivity index (χ4v) is 2.15. The molecule has 1 fully saturated rings. The molecule has 0 aromatic rings. The Hall–Kier alpha value is -0.860. The second-order valence-electron chi connectivity index (χ2n) is 4.88. The van der Waals surface area contributed by atoms with Crippen molar-refractivity contribution in [2.24, 2.45) is 5.92 Å². The molecular formula is C13H23NO2. The standard InChI is InChI=1S/C13H23NO2/c1-10(11(2)15)14-13(16)12-8-6-4-3-5-7-9-12/h10,12H,3-9H2,1-2H3,(H,14,16). The van der Waals surface area contributed by atoms with Crippen molar-refractivity contribution >= 4 is 11.7 Å². The number of carbonyl (C=O) groups is 2. The number of Topliss-reactive ketones (excluding diaryl/α,β-unsaturated/α-hetero) is 1. The van der Waals surface area contributed by atoms with Crippen LogP contribution in [-0.2, 0) is 9.59 Å². The van der Waals surface area contributed by atoms with Crippen LogP contribution in [0.2, 0.25) is 0 Å². The fraction of sp³-hybridized carbons (Fsp3) is 0.846. The molecule has 0 saturated heterocycles. The zero-order valence-corrected chi connectivity index (χ0v) is 10.4. The Morgan fingerprint density at radius 2 is 1.56 bits per heavy atom. The molecule has 0 spiro atoms. The SMILES string of the molecule is CC(=O)C(C)NC(=O)C1CCCCCCC1. The average Bonchev–Trinajstić information content (AvgIpc) is 2.16. The summed E-state index contributed by atoms with van der Waals surface area (Å²) < 4.78 is 0. The van der Waals surface area contributed by atoms with E-state index in [1.807, 2.05) is 0 Å². The molecule has 1 aliphatic carbocycles. The summed E-state index contributed by atoms with van der Waals surface area (Å²) >= 11 is 0. The van der Waals surface area contributed by atoms with E-state index in [-0.39, 0.29) is 23.7 Å². The Morgan fingerprint density at radius 1 is 1.06 bits per heavy atom. The molecule has 1 amide bonds. The lowest BCUT2D eigenvalue weighted by molar-refractivity contribution is -0.129. The third-order valence-electron chi connectivity index (χ3n) is 3.44. The number of rotatable bonds is 3. The number of ketones is 1. The lowest BCUT2D eigenvalue weighted by Gasteiger charge is -2.20. The lowest BCUT2D eigenvalue weighted by Crippen LogP contribution is -2.41. The predicted molar refractivity (Wildman–Crippen MR) is 64.1 cm³/mol. The number of carbonyl (C=O) groups excluding carboxylic acids is 2. The minimum absolute atomic E-state index is 0.0270. The van der Waals surface area contributed by atoms with Gasteiger partial charge in [-0.25, -0.2) is 0 Å². The third-order valence-corrected chi connectivity index (χ3v) is 3.44. The van der Waals surface area contributed by atoms with Crippen molar-refractivity contribution in [1.82, 2.24) is 5.32 Å². The van der Waals surface area contributed by atoms with Crippen LogP contribution >= 0.6 is 0 Å². The Labute approximate surface area is 98.0 Å². The van der Waals surface area contributed by atoms with E-state index in [0.717, 1.165) is 25.7 Å². The third kappa shape index (κ3) is 4.33. The molecule has 3 nitrogen and oxygen atoms in total. The van der Waals surface area contributed by atoms with E-state index in [9.17, 15) is 9.59 Å². The quantitative estimate of drug-likeness (QED) is 0.802. The molecule has 1 unspecified atom stereocenters. The van der Waals surface area contributed by atoms with Crippen LogP contribution in [0.3, 0.4) is 0 Å². The van der Waals surface area contributed by atoms with Crippen molar-refractivity contribution < 1.29 is 9.59 Å². The summed E-state index contributed by atoms with van der Waals surface area (Å²) in [6, 6.07) is -0.335. The molecule has 1 aliphatic rings. The van der Waals surface area contributed by atoms with Crippen LogP contribution < -0.4 is 5.32 Å². The first-order valence-electron chi connectivity index (χ1n) is 6.42. The largest absolute Gasteiger partial charge is 0.346 e. The van der Waals surface area contributed by atoms with Crippen LogP contribution in [-0.4, -0.2) is 17.7 Å². The Morgan fingerprint density at radius 3 is 2.06 bits per heavy atom. The van der Waals surface area contributed by atoms with Gasteiger partial charge in [-0.05, 0) is 26.7 Å². The van der Waals surface area contributed by atoms with Crippen molar-refractivity contribution in [2.45, 2.75) is 64.8 Å². The summed E-state index contributed by atoms with van der Waals surface area (Å²) in [4.78, 5) is 23.0. The molecule has 0 aromatic carbocycles. The highest BCUT2D eigenvalue weighted by Crippen LogP contribution is 2.22. The lowest BCUT2D eigenvalue weighted by atomic mass is 9.90. The zero-order chi connectivity index (χ0) is 12.0. The van der Waals surface area contributed by atoms with Gasteiger partial charge in [0, 0.05) is 5.92 Å². The Bertz CT molecular complexity index is 242. The van der Waals surface area contributed by atoms with Gasteiger partial charge in [0.25, 0.3) is 0 Å². The molecule has 1 N–H and O–H groups in total. The van der Waals surface area contributed by atoms with Gasteiger partial charge in [-0.3, -0.25) is 9.59 Å². The molecule has 0 bridgehead atoms. The average molecular weight is 225 g/mol. The van der Waals surface area contributed by atoms with Crippen LogP contribution in [0.15, 0.2) is 0 Å². The predicted octanol–water partition coefficient (Wildman–Crippen LogP) is 2.44. The summed E-state index contributed by atoms with van der Waals surface area (Å²) in [5.41, 5.74) is 0. The van der Waals surface area contributed by atoms with Crippen LogP contribution in [0.4, 0.5) is 0 Å². The summed E-state index contributed by atoms with van der Waals surface area (Å²) in [6.45, 7) is 3.27. The van der Waals surface area contributed by atoms with Gasteiger partial charge >= 0.3 is 0 Å². The van der Waals surface area contributed by atoms with Crippen molar-refractivity contribution in [1.29, 1.82) is 0 Å². The second-order valence-corrected chi connectivity index (χ2v) is 4.88. The molecule has 16 heavy (non-hydrogen) atoms. The second kappa shape index (κ2) is 6.66. The smallest absolute Gasteiger partial charge is 0.223 e. The minimum Gasteiger partial charge on any atom is -0.346 e. The van der Waals surface area contributed by atoms with Gasteiger partial charge in [0.1, 0.15) is 0 Å². The van der Waals surface area contributed by atoms with Crippen molar-refractivity contribution in [3.63, 3.8) is 0 Å². The van der Waals surface area contributed by atoms with E-state index < -0.39 is 0 Å². The van der Waals surface area contributed by atoms with E-state index >= 15 is 0 Å². The minimum atomic E-state index is -0.335. The molecule has 3 heteroatoms. The summed E-state index contributed by atoms with van der Waals surface area (Å²) in [5, 5.41) is 2.81. The van der Waals surface area contributed by atoms with E-state index in [1.165, 1.54) is 26.2 Å². The van der Waals surface area contributed by atoms with Gasteiger partial charge in [0.15, 0.2) is 5.78 Å². The first-order valence-corrected chi connectivity index (χ1v) is 6.42. The highest BCUT2D eigenvalue weighted by atomic mass is 16.2. The van der Waals surface area contributed by atoms with Crippen LogP contribution in [0.1, 0.15) is 58.8 Å². The van der Waals surface area contributed by atoms with Crippen LogP contribution in [0.25, 0.3) is 0 Å². The number of hydrogen-bond acceptors (Lipinski definition) is 2. The maximum Gasteiger partial charge on any atom is 0.223 e. The topological polar surface area (TPSA) is 46.2 Å². The van der Waals surface area contributed by atoms with Gasteiger partial charge in [0.05, 0.1) is 6.04 Å². The molecule has 0 aliphatic heterocycles.